The molecule has 10 saturated heterocycles. The van der Waals surface area contributed by atoms with Gasteiger partial charge in [0.1, 0.15) is 36.3 Å². The highest BCUT2D eigenvalue weighted by Gasteiger charge is 2.68. The maximum Gasteiger partial charge on any atom is 0.192 e. The highest BCUT2D eigenvalue weighted by molar-refractivity contribution is 6.74. The molecule has 1 spiro atoms. The fraction of sp³-hybridized carbons (Fsp3) is 0.894. The Balaban J connectivity index is 0.972. The summed E-state index contributed by atoms with van der Waals surface area (Å²) in [6, 6.07) is 0. The zero-order chi connectivity index (χ0) is 40.9. The molecule has 0 amide bonds. The van der Waals surface area contributed by atoms with Gasteiger partial charge in [-0.2, -0.15) is 0 Å². The lowest BCUT2D eigenvalue weighted by Gasteiger charge is -2.47. The first-order valence-electron chi connectivity index (χ1n) is 23.3. The van der Waals surface area contributed by atoms with Crippen molar-refractivity contribution in [3.8, 4) is 0 Å². The summed E-state index contributed by atoms with van der Waals surface area (Å²) in [5.74, 6) is 0.0738. The van der Waals surface area contributed by atoms with Crippen LogP contribution in [0.2, 0.25) is 18.1 Å². The number of ketones is 1. The van der Waals surface area contributed by atoms with Crippen molar-refractivity contribution in [1.29, 1.82) is 0 Å². The lowest BCUT2D eigenvalue weighted by molar-refractivity contribution is -0.292. The predicted octanol–water partition coefficient (Wildman–Crippen LogP) is 8.54. The van der Waals surface area contributed by atoms with Crippen molar-refractivity contribution in [1.82, 2.24) is 0 Å². The number of hydrogen-bond donors (Lipinski definition) is 0. The lowest BCUT2D eigenvalue weighted by atomic mass is 9.78. The SMILES string of the molecule is C=C1C[C@@H]2CC[C@@]34C[C@H]5OC6[C@@H](O[C@H]7CC[C@H](CC(=O)C[C@H]8C(C[C@H]9OC(CCC1O2)C[C@@H](C)C9=C)O[C@H](C[C@@H](CC)O[Si](C)(C)C(C)(C)C)[C@@H]8C)O[C@@H]7[C@@H]6O3)C5O4. The minimum Gasteiger partial charge on any atom is -0.414 e. The first-order chi connectivity index (χ1) is 27.5. The molecule has 0 radical (unpaired) electrons. The molecule has 0 aliphatic carbocycles. The fourth-order valence-electron chi connectivity index (χ4n) is 12.1. The third-order valence-corrected chi connectivity index (χ3v) is 21.2. The summed E-state index contributed by atoms with van der Waals surface area (Å²) in [5, 5.41) is 0.123. The van der Waals surface area contributed by atoms with E-state index < -0.39 is 14.1 Å². The molecule has 0 aromatic carbocycles. The van der Waals surface area contributed by atoms with Crippen LogP contribution in [0.5, 0.6) is 0 Å². The molecule has 0 saturated carbocycles. The van der Waals surface area contributed by atoms with Crippen molar-refractivity contribution in [2.24, 2.45) is 17.8 Å². The van der Waals surface area contributed by atoms with Crippen LogP contribution in [0.1, 0.15) is 131 Å². The number of carbonyl (C=O) groups excluding carboxylic acids is 1. The minimum absolute atomic E-state index is 0.00187. The molecule has 10 aliphatic heterocycles. The molecule has 0 aromatic rings. The molecule has 10 aliphatic rings. The van der Waals surface area contributed by atoms with Gasteiger partial charge in [-0.05, 0) is 105 Å². The summed E-state index contributed by atoms with van der Waals surface area (Å²) in [7, 11) is -1.99. The molecule has 10 heterocycles. The zero-order valence-electron chi connectivity index (χ0n) is 36.8. The van der Waals surface area contributed by atoms with E-state index in [-0.39, 0.29) is 114 Å². The molecule has 19 atom stereocenters. The fourth-order valence-corrected chi connectivity index (χ4v) is 13.5. The van der Waals surface area contributed by atoms with Gasteiger partial charge in [-0.25, -0.2) is 0 Å². The van der Waals surface area contributed by atoms with Crippen molar-refractivity contribution in [3.05, 3.63) is 24.3 Å². The molecule has 11 heteroatoms. The Morgan fingerprint density at radius 2 is 1.47 bits per heavy atom. The van der Waals surface area contributed by atoms with Gasteiger partial charge in [0.25, 0.3) is 0 Å². The van der Waals surface area contributed by atoms with Gasteiger partial charge >= 0.3 is 0 Å². The van der Waals surface area contributed by atoms with Crippen LogP contribution in [0.25, 0.3) is 0 Å². The van der Waals surface area contributed by atoms with E-state index in [0.29, 0.717) is 31.6 Å². The van der Waals surface area contributed by atoms with Crippen LogP contribution in [-0.2, 0) is 47.1 Å². The van der Waals surface area contributed by atoms with E-state index in [1.165, 1.54) is 5.57 Å². The highest BCUT2D eigenvalue weighted by Crippen LogP contribution is 2.54. The van der Waals surface area contributed by atoms with Crippen LogP contribution < -0.4 is 0 Å². The van der Waals surface area contributed by atoms with Crippen LogP contribution in [0.4, 0.5) is 0 Å². The van der Waals surface area contributed by atoms with Gasteiger partial charge in [0.15, 0.2) is 14.1 Å². The maximum absolute atomic E-state index is 14.3. The smallest absolute Gasteiger partial charge is 0.192 e. The van der Waals surface area contributed by atoms with Crippen LogP contribution >= 0.6 is 0 Å². The number of ether oxygens (including phenoxy) is 8. The molecular formula is C47H74O10Si. The minimum atomic E-state index is -1.99. The Bertz CT molecular complexity index is 1560. The molecule has 10 nitrogen and oxygen atoms in total. The molecule has 0 N–H and O–H groups in total. The molecular weight excluding hydrogens is 753 g/mol. The van der Waals surface area contributed by atoms with Gasteiger partial charge in [0, 0.05) is 38.2 Å². The van der Waals surface area contributed by atoms with E-state index in [2.05, 4.69) is 67.8 Å². The number of rotatable bonds is 5. The summed E-state index contributed by atoms with van der Waals surface area (Å²) in [6.07, 6.45) is 9.35. The van der Waals surface area contributed by atoms with Crippen molar-refractivity contribution < 1.29 is 47.1 Å². The molecule has 326 valence electrons. The van der Waals surface area contributed by atoms with Crippen LogP contribution in [0.15, 0.2) is 24.3 Å². The van der Waals surface area contributed by atoms with Gasteiger partial charge in [0.05, 0.1) is 54.9 Å². The van der Waals surface area contributed by atoms with E-state index in [0.717, 1.165) is 69.8 Å². The first-order valence-corrected chi connectivity index (χ1v) is 26.2. The van der Waals surface area contributed by atoms with Crippen molar-refractivity contribution in [3.63, 3.8) is 0 Å². The first kappa shape index (κ1) is 42.3. The number of hydrogen-bond acceptors (Lipinski definition) is 10. The van der Waals surface area contributed by atoms with E-state index >= 15 is 0 Å². The molecule has 0 aromatic heterocycles. The van der Waals surface area contributed by atoms with E-state index in [1.807, 2.05) is 0 Å². The molecule has 5 unspecified atom stereocenters. The van der Waals surface area contributed by atoms with Crippen molar-refractivity contribution in [2.45, 2.75) is 247 Å². The quantitative estimate of drug-likeness (QED) is 0.198. The largest absolute Gasteiger partial charge is 0.414 e. The van der Waals surface area contributed by atoms with Crippen LogP contribution in [0.3, 0.4) is 0 Å². The lowest BCUT2D eigenvalue weighted by Crippen LogP contribution is -2.61. The average Bonchev–Trinajstić information content (AvgIpc) is 3.82. The Hall–Kier alpha value is -0.993. The topological polar surface area (TPSA) is 100 Å². The summed E-state index contributed by atoms with van der Waals surface area (Å²) < 4.78 is 62.0. The van der Waals surface area contributed by atoms with Gasteiger partial charge in [-0.1, -0.05) is 54.7 Å². The molecule has 58 heavy (non-hydrogen) atoms. The third kappa shape index (κ3) is 7.96. The van der Waals surface area contributed by atoms with Gasteiger partial charge < -0.3 is 42.3 Å². The Morgan fingerprint density at radius 1 is 0.759 bits per heavy atom. The van der Waals surface area contributed by atoms with E-state index in [9.17, 15) is 4.79 Å². The molecule has 12 bridgehead atoms. The van der Waals surface area contributed by atoms with Crippen molar-refractivity contribution in [2.75, 3.05) is 0 Å². The predicted molar refractivity (Wildman–Crippen MR) is 222 cm³/mol. The molecule has 10 fully saturated rings. The highest BCUT2D eigenvalue weighted by atomic mass is 28.4. The van der Waals surface area contributed by atoms with Gasteiger partial charge in [0.2, 0.25) is 0 Å². The normalized spacial score (nSPS) is 48.8. The number of fused-ring (bicyclic) bond motifs is 6. The number of carbonyl (C=O) groups is 1. The van der Waals surface area contributed by atoms with E-state index in [1.54, 1.807) is 0 Å². The Labute approximate surface area is 349 Å². The second-order valence-corrected chi connectivity index (χ2v) is 26.4. The monoisotopic (exact) mass is 827 g/mol. The Morgan fingerprint density at radius 3 is 2.24 bits per heavy atom. The maximum atomic E-state index is 14.3. The summed E-state index contributed by atoms with van der Waals surface area (Å²) in [6.45, 7) is 27.5. The Kier molecular flexibility index (Phi) is 11.7. The van der Waals surface area contributed by atoms with Crippen LogP contribution in [-0.4, -0.2) is 111 Å². The summed E-state index contributed by atoms with van der Waals surface area (Å²) >= 11 is 0. The summed E-state index contributed by atoms with van der Waals surface area (Å²) in [5.41, 5.74) is 2.32. The second-order valence-electron chi connectivity index (χ2n) is 21.6. The van der Waals surface area contributed by atoms with Crippen molar-refractivity contribution >= 4 is 14.1 Å². The average molecular weight is 827 g/mol. The van der Waals surface area contributed by atoms with Crippen LogP contribution in [0, 0.1) is 17.8 Å². The van der Waals surface area contributed by atoms with Gasteiger partial charge in [-0.3, -0.25) is 4.79 Å². The third-order valence-electron chi connectivity index (χ3n) is 16.6. The van der Waals surface area contributed by atoms with E-state index in [4.69, 9.17) is 42.3 Å². The number of Topliss-reactive ketones (excluding diaryl/α,β-unsaturated/α-hetero) is 1. The standard InChI is InChI=1S/C47H74O10Si/c1-11-30(57-58(9,10)46(6,7)8)22-37-28(5)34-21-29(48)20-32-13-15-36-41(51-32)45-44-43(53-36)42-40(54-44)24-47(55-42,56-45)17-16-33-19-26(3)35(49-33)14-12-31-18-25(2)27(4)38(50-31)23-39(34)52-37/h25,28,30-45H,3-4,11-24H2,1-2,5-10H3/t25-,28-,30-,31?,32-,33+,34-,35?,36+,37-,38-,39?,40-,41+,42?,43+,44?,45+,47+/m1/s1. The zero-order valence-corrected chi connectivity index (χ0v) is 37.8. The summed E-state index contributed by atoms with van der Waals surface area (Å²) in [4.78, 5) is 14.3. The molecule has 10 rings (SSSR count). The van der Waals surface area contributed by atoms with Gasteiger partial charge in [-0.15, -0.1) is 0 Å². The second kappa shape index (κ2) is 16.0.